The Bertz CT molecular complexity index is 1150. The summed E-state index contributed by atoms with van der Waals surface area (Å²) in [5, 5.41) is 3.25. The van der Waals surface area contributed by atoms with E-state index < -0.39 is 27.8 Å². The van der Waals surface area contributed by atoms with Crippen LogP contribution in [0.4, 0.5) is 5.69 Å². The topological polar surface area (TPSA) is 83.6 Å². The van der Waals surface area contributed by atoms with Crippen molar-refractivity contribution >= 4 is 50.7 Å². The number of benzene rings is 2. The van der Waals surface area contributed by atoms with Gasteiger partial charge in [0, 0.05) is 12.1 Å². The molecule has 2 aliphatic rings. The van der Waals surface area contributed by atoms with Gasteiger partial charge in [0.15, 0.2) is 0 Å². The van der Waals surface area contributed by atoms with Gasteiger partial charge >= 0.3 is 0 Å². The lowest BCUT2D eigenvalue weighted by molar-refractivity contribution is -0.132. The molecular formula is C20H18Cl2N2O4S. The largest absolute Gasteiger partial charge is 0.324 e. The van der Waals surface area contributed by atoms with E-state index in [0.29, 0.717) is 9.33 Å². The third-order valence-electron chi connectivity index (χ3n) is 5.43. The molecule has 152 valence electrons. The molecule has 6 nitrogen and oxygen atoms in total. The van der Waals surface area contributed by atoms with Crippen molar-refractivity contribution in [2.75, 3.05) is 12.4 Å². The lowest BCUT2D eigenvalue weighted by atomic mass is 9.86. The van der Waals surface area contributed by atoms with E-state index in [2.05, 4.69) is 5.32 Å². The van der Waals surface area contributed by atoms with Crippen LogP contribution in [0.15, 0.2) is 35.2 Å². The molecule has 0 saturated carbocycles. The van der Waals surface area contributed by atoms with Crippen molar-refractivity contribution in [3.8, 4) is 0 Å². The zero-order chi connectivity index (χ0) is 20.9. The predicted molar refractivity (Wildman–Crippen MR) is 111 cm³/mol. The molecular weight excluding hydrogens is 435 g/mol. The van der Waals surface area contributed by atoms with Crippen molar-refractivity contribution < 1.29 is 18.0 Å². The number of nitrogens with zero attached hydrogens (tertiary/aromatic N) is 1. The Hall–Kier alpha value is -2.09. The molecule has 0 aromatic heterocycles. The minimum Gasteiger partial charge on any atom is -0.324 e. The van der Waals surface area contributed by atoms with E-state index in [1.807, 2.05) is 0 Å². The average Bonchev–Trinajstić information content (AvgIpc) is 2.68. The molecule has 1 unspecified atom stereocenters. The molecule has 2 aromatic rings. The van der Waals surface area contributed by atoms with Gasteiger partial charge in [0.25, 0.3) is 15.9 Å². The van der Waals surface area contributed by atoms with Crippen LogP contribution in [0, 0.1) is 0 Å². The summed E-state index contributed by atoms with van der Waals surface area (Å²) in [5.74, 6) is -2.75. The second-order valence-corrected chi connectivity index (χ2v) is 10.0. The van der Waals surface area contributed by atoms with Gasteiger partial charge in [-0.1, -0.05) is 29.3 Å². The summed E-state index contributed by atoms with van der Waals surface area (Å²) in [6, 6.07) is 7.91. The Balaban J connectivity index is 1.82. The number of aryl methyl sites for hydroxylation is 2. The number of hydrogen-bond acceptors (Lipinski definition) is 4. The van der Waals surface area contributed by atoms with Crippen LogP contribution in [0.2, 0.25) is 10.0 Å². The molecule has 4 rings (SSSR count). The fourth-order valence-electron chi connectivity index (χ4n) is 3.86. The Morgan fingerprint density at radius 2 is 1.76 bits per heavy atom. The smallest absolute Gasteiger partial charge is 0.266 e. The first-order valence-corrected chi connectivity index (χ1v) is 11.3. The van der Waals surface area contributed by atoms with Crippen LogP contribution in [0.25, 0.3) is 0 Å². The molecule has 1 heterocycles. The van der Waals surface area contributed by atoms with E-state index in [-0.39, 0.29) is 21.2 Å². The van der Waals surface area contributed by atoms with Crippen molar-refractivity contribution in [2.45, 2.75) is 36.5 Å². The normalized spacial score (nSPS) is 20.0. The van der Waals surface area contributed by atoms with E-state index in [0.717, 1.165) is 36.8 Å². The first-order chi connectivity index (χ1) is 13.7. The van der Waals surface area contributed by atoms with Crippen LogP contribution in [0.1, 0.15) is 35.4 Å². The maximum absolute atomic E-state index is 13.1. The first kappa shape index (κ1) is 20.2. The van der Waals surface area contributed by atoms with Crippen LogP contribution in [-0.4, -0.2) is 31.6 Å². The predicted octanol–water partition coefficient (Wildman–Crippen LogP) is 3.76. The fraction of sp³-hybridized carbons (Fsp3) is 0.300. The van der Waals surface area contributed by atoms with Gasteiger partial charge in [0.2, 0.25) is 5.91 Å². The number of fused-ring (bicyclic) bond motifs is 2. The number of nitrogens with one attached hydrogen (secondary N) is 1. The molecule has 0 spiro atoms. The number of carbonyl (C=O) groups excluding carboxylic acids is 2. The third-order valence-corrected chi connectivity index (χ3v) is 7.80. The van der Waals surface area contributed by atoms with Crippen LogP contribution in [0.3, 0.4) is 0 Å². The summed E-state index contributed by atoms with van der Waals surface area (Å²) in [6.07, 6.45) is 3.55. The molecule has 1 N–H and O–H groups in total. The summed E-state index contributed by atoms with van der Waals surface area (Å²) in [6.45, 7) is 0. The van der Waals surface area contributed by atoms with Gasteiger partial charge in [0.1, 0.15) is 5.92 Å². The molecule has 1 aliphatic heterocycles. The fourth-order valence-corrected chi connectivity index (χ4v) is 5.60. The number of likely N-dealkylation sites (N-methyl/N-ethyl adjacent to an activating group) is 1. The number of amides is 2. The zero-order valence-corrected chi connectivity index (χ0v) is 17.9. The van der Waals surface area contributed by atoms with Crippen molar-refractivity contribution in [1.29, 1.82) is 0 Å². The monoisotopic (exact) mass is 452 g/mol. The van der Waals surface area contributed by atoms with E-state index in [1.165, 1.54) is 19.2 Å². The molecule has 0 saturated heterocycles. The second kappa shape index (κ2) is 7.31. The average molecular weight is 453 g/mol. The molecule has 29 heavy (non-hydrogen) atoms. The highest BCUT2D eigenvalue weighted by molar-refractivity contribution is 7.89. The highest BCUT2D eigenvalue weighted by Gasteiger charge is 2.45. The van der Waals surface area contributed by atoms with E-state index >= 15 is 0 Å². The third kappa shape index (κ3) is 3.41. The van der Waals surface area contributed by atoms with Gasteiger partial charge in [-0.3, -0.25) is 9.59 Å². The minimum absolute atomic E-state index is 0.0117. The van der Waals surface area contributed by atoms with Crippen molar-refractivity contribution in [3.05, 3.63) is 57.1 Å². The lowest BCUT2D eigenvalue weighted by Gasteiger charge is -2.32. The molecule has 2 amide bonds. The van der Waals surface area contributed by atoms with Crippen molar-refractivity contribution in [3.63, 3.8) is 0 Å². The Morgan fingerprint density at radius 3 is 2.45 bits per heavy atom. The number of hydrogen-bond donors (Lipinski definition) is 1. The molecule has 0 fully saturated rings. The summed E-state index contributed by atoms with van der Waals surface area (Å²) in [5.41, 5.74) is 2.41. The zero-order valence-electron chi connectivity index (χ0n) is 15.5. The highest BCUT2D eigenvalue weighted by Crippen LogP contribution is 2.38. The maximum atomic E-state index is 13.1. The Labute approximate surface area is 178 Å². The first-order valence-electron chi connectivity index (χ1n) is 9.14. The van der Waals surface area contributed by atoms with Gasteiger partial charge in [-0.2, -0.15) is 0 Å². The second-order valence-electron chi connectivity index (χ2n) is 7.22. The Kier molecular flexibility index (Phi) is 5.09. The van der Waals surface area contributed by atoms with Crippen LogP contribution < -0.4 is 5.32 Å². The van der Waals surface area contributed by atoms with Gasteiger partial charge in [0.05, 0.1) is 15.6 Å². The maximum Gasteiger partial charge on any atom is 0.266 e. The van der Waals surface area contributed by atoms with Crippen LogP contribution >= 0.6 is 23.2 Å². The number of carbonyl (C=O) groups is 2. The molecule has 1 atom stereocenters. The summed E-state index contributed by atoms with van der Waals surface area (Å²) < 4.78 is 26.4. The number of halogens is 2. The standard InChI is InChI=1S/C20H18Cl2N2O4S/c1-24-20(26)18(19(25)23-16-10-13(21)6-7-15(16)22)14-8-11-4-2-3-5-12(11)9-17(14)29(24,27)28/h6-10,18H,2-5H2,1H3,(H,23,25). The van der Waals surface area contributed by atoms with Gasteiger partial charge < -0.3 is 5.32 Å². The number of rotatable bonds is 2. The SMILES string of the molecule is CN1C(=O)C(C(=O)Nc2cc(Cl)ccc2Cl)c2cc3c(cc2S1(=O)=O)CCCC3. The van der Waals surface area contributed by atoms with Gasteiger partial charge in [-0.25, -0.2) is 12.7 Å². The van der Waals surface area contributed by atoms with Crippen LogP contribution in [0.5, 0.6) is 0 Å². The van der Waals surface area contributed by atoms with Crippen LogP contribution in [-0.2, 0) is 32.5 Å². The van der Waals surface area contributed by atoms with E-state index in [1.54, 1.807) is 18.2 Å². The Morgan fingerprint density at radius 1 is 1.10 bits per heavy atom. The minimum atomic E-state index is -4.00. The van der Waals surface area contributed by atoms with Crippen molar-refractivity contribution in [2.24, 2.45) is 0 Å². The summed E-state index contributed by atoms with van der Waals surface area (Å²) >= 11 is 12.1. The molecule has 0 radical (unpaired) electrons. The van der Waals surface area contributed by atoms with E-state index in [9.17, 15) is 18.0 Å². The van der Waals surface area contributed by atoms with Gasteiger partial charge in [-0.05, 0) is 66.6 Å². The summed E-state index contributed by atoms with van der Waals surface area (Å²) in [4.78, 5) is 26.0. The van der Waals surface area contributed by atoms with E-state index in [4.69, 9.17) is 23.2 Å². The molecule has 2 aromatic carbocycles. The number of sulfonamides is 1. The highest BCUT2D eigenvalue weighted by atomic mass is 35.5. The molecule has 0 bridgehead atoms. The van der Waals surface area contributed by atoms with Gasteiger partial charge in [-0.15, -0.1) is 0 Å². The molecule has 9 heteroatoms. The molecule has 1 aliphatic carbocycles. The van der Waals surface area contributed by atoms with Crippen molar-refractivity contribution in [1.82, 2.24) is 4.31 Å². The quantitative estimate of drug-likeness (QED) is 0.703. The lowest BCUT2D eigenvalue weighted by Crippen LogP contribution is -2.46. The summed E-state index contributed by atoms with van der Waals surface area (Å²) in [7, 11) is -2.83. The number of anilines is 1.